The van der Waals surface area contributed by atoms with Gasteiger partial charge in [0.15, 0.2) is 0 Å². The molecule has 2 N–H and O–H groups in total. The molecule has 0 saturated carbocycles. The van der Waals surface area contributed by atoms with Gasteiger partial charge in [-0.1, -0.05) is 10.9 Å². The van der Waals surface area contributed by atoms with Gasteiger partial charge < -0.3 is 10.2 Å². The Morgan fingerprint density at radius 2 is 1.17 bits per heavy atom. The van der Waals surface area contributed by atoms with Crippen LogP contribution in [0.3, 0.4) is 0 Å². The molecule has 0 unspecified atom stereocenters. The van der Waals surface area contributed by atoms with Crippen LogP contribution < -0.4 is 16.4 Å². The summed E-state index contributed by atoms with van der Waals surface area (Å²) < 4.78 is 0. The third-order valence-electron chi connectivity index (χ3n) is 1.80. The average Bonchev–Trinajstić information content (AvgIpc) is 2.08. The standard InChI is InChI=1S/C7H5B3O2/c1-2-6(11)4(9)3(8)5(10)7(2)12/h11-12H,1H3. The SMILES string of the molecule is [B]c1c([B])c(O)c(C)c(O)c1[B]. The summed E-state index contributed by atoms with van der Waals surface area (Å²) in [4.78, 5) is 0. The molecule has 5 heteroatoms. The van der Waals surface area contributed by atoms with E-state index in [1.165, 1.54) is 6.92 Å². The lowest BCUT2D eigenvalue weighted by atomic mass is 9.70. The molecular formula is C7H5B3O2. The van der Waals surface area contributed by atoms with Gasteiger partial charge in [0, 0.05) is 5.56 Å². The predicted molar refractivity (Wildman–Crippen MR) is 50.7 cm³/mol. The second-order valence-electron chi connectivity index (χ2n) is 2.56. The van der Waals surface area contributed by atoms with Crippen LogP contribution in [0.4, 0.5) is 0 Å². The van der Waals surface area contributed by atoms with Crippen molar-refractivity contribution in [1.29, 1.82) is 0 Å². The molecule has 0 aromatic heterocycles. The normalized spacial score (nSPS) is 10.1. The highest BCUT2D eigenvalue weighted by molar-refractivity contribution is 6.58. The number of benzene rings is 1. The fourth-order valence-electron chi connectivity index (χ4n) is 0.916. The summed E-state index contributed by atoms with van der Waals surface area (Å²) in [5, 5.41) is 18.5. The number of phenolic OH excluding ortho intramolecular Hbond substituents is 2. The maximum Gasteiger partial charge on any atom is 0.118 e. The van der Waals surface area contributed by atoms with E-state index in [1.807, 2.05) is 0 Å². The molecule has 0 fully saturated rings. The maximum absolute atomic E-state index is 9.27. The average molecular weight is 154 g/mol. The lowest BCUT2D eigenvalue weighted by molar-refractivity contribution is 0.449. The molecule has 1 rings (SSSR count). The van der Waals surface area contributed by atoms with E-state index >= 15 is 0 Å². The van der Waals surface area contributed by atoms with Crippen LogP contribution in [0.15, 0.2) is 0 Å². The van der Waals surface area contributed by atoms with Crippen molar-refractivity contribution in [1.82, 2.24) is 0 Å². The Bertz CT molecular complexity index is 231. The second kappa shape index (κ2) is 2.81. The number of hydrogen-bond donors (Lipinski definition) is 2. The van der Waals surface area contributed by atoms with Gasteiger partial charge in [0.2, 0.25) is 0 Å². The van der Waals surface area contributed by atoms with Crippen LogP contribution in [-0.4, -0.2) is 33.8 Å². The zero-order valence-corrected chi connectivity index (χ0v) is 6.63. The highest BCUT2D eigenvalue weighted by Crippen LogP contribution is 2.18. The molecule has 6 radical (unpaired) electrons. The molecule has 1 aromatic rings. The van der Waals surface area contributed by atoms with Crippen molar-refractivity contribution in [2.24, 2.45) is 0 Å². The largest absolute Gasteiger partial charge is 0.508 e. The van der Waals surface area contributed by atoms with Gasteiger partial charge in [0.25, 0.3) is 0 Å². The molecule has 12 heavy (non-hydrogen) atoms. The van der Waals surface area contributed by atoms with Crippen molar-refractivity contribution in [3.8, 4) is 11.5 Å². The summed E-state index contributed by atoms with van der Waals surface area (Å²) in [7, 11) is 16.2. The van der Waals surface area contributed by atoms with E-state index < -0.39 is 0 Å². The minimum absolute atomic E-state index is 0.00259. The van der Waals surface area contributed by atoms with Gasteiger partial charge in [-0.25, -0.2) is 0 Å². The van der Waals surface area contributed by atoms with E-state index in [0.29, 0.717) is 0 Å². The van der Waals surface area contributed by atoms with E-state index in [4.69, 9.17) is 23.5 Å². The minimum Gasteiger partial charge on any atom is -0.508 e. The molecule has 0 amide bonds. The molecule has 0 bridgehead atoms. The number of aromatic hydroxyl groups is 2. The van der Waals surface area contributed by atoms with E-state index in [1.54, 1.807) is 0 Å². The first-order valence-electron chi connectivity index (χ1n) is 3.31. The fraction of sp³-hybridized carbons (Fsp3) is 0.143. The van der Waals surface area contributed by atoms with Crippen molar-refractivity contribution in [2.45, 2.75) is 6.92 Å². The Balaban J connectivity index is 3.60. The first-order valence-corrected chi connectivity index (χ1v) is 3.31. The van der Waals surface area contributed by atoms with Gasteiger partial charge in [-0.05, 0) is 6.92 Å². The third kappa shape index (κ3) is 1.09. The number of phenols is 2. The van der Waals surface area contributed by atoms with Crippen LogP contribution in [0.1, 0.15) is 5.56 Å². The first-order chi connectivity index (χ1) is 5.46. The van der Waals surface area contributed by atoms with E-state index in [-0.39, 0.29) is 33.5 Å². The van der Waals surface area contributed by atoms with Gasteiger partial charge in [0.1, 0.15) is 35.0 Å². The summed E-state index contributed by atoms with van der Waals surface area (Å²) in [6, 6.07) is 0. The van der Waals surface area contributed by atoms with Gasteiger partial charge in [-0.2, -0.15) is 0 Å². The quantitative estimate of drug-likeness (QED) is 0.415. The first kappa shape index (κ1) is 9.11. The highest BCUT2D eigenvalue weighted by atomic mass is 16.3. The molecular weight excluding hydrogens is 149 g/mol. The van der Waals surface area contributed by atoms with E-state index in [9.17, 15) is 10.2 Å². The van der Waals surface area contributed by atoms with Crippen LogP contribution in [0.2, 0.25) is 0 Å². The van der Waals surface area contributed by atoms with Crippen molar-refractivity contribution in [2.75, 3.05) is 0 Å². The van der Waals surface area contributed by atoms with Crippen LogP contribution in [0, 0.1) is 6.92 Å². The highest BCUT2D eigenvalue weighted by Gasteiger charge is 2.11. The molecule has 1 aromatic carbocycles. The molecule has 0 spiro atoms. The fourth-order valence-corrected chi connectivity index (χ4v) is 0.916. The van der Waals surface area contributed by atoms with Crippen LogP contribution in [0.5, 0.6) is 11.5 Å². The lowest BCUT2D eigenvalue weighted by Crippen LogP contribution is -2.39. The Hall–Kier alpha value is -0.985. The predicted octanol–water partition coefficient (Wildman–Crippen LogP) is -2.21. The smallest absolute Gasteiger partial charge is 0.118 e. The monoisotopic (exact) mass is 154 g/mol. The number of rotatable bonds is 0. The van der Waals surface area contributed by atoms with Crippen LogP contribution in [0.25, 0.3) is 0 Å². The summed E-state index contributed by atoms with van der Waals surface area (Å²) >= 11 is 0. The number of hydrogen-bond acceptors (Lipinski definition) is 2. The van der Waals surface area contributed by atoms with Crippen molar-refractivity contribution in [3.05, 3.63) is 5.56 Å². The summed E-state index contributed by atoms with van der Waals surface area (Å²) in [6.45, 7) is 1.50. The third-order valence-corrected chi connectivity index (χ3v) is 1.80. The van der Waals surface area contributed by atoms with Crippen LogP contribution >= 0.6 is 0 Å². The Morgan fingerprint density at radius 1 is 0.833 bits per heavy atom. The van der Waals surface area contributed by atoms with Gasteiger partial charge >= 0.3 is 0 Å². The summed E-state index contributed by atoms with van der Waals surface area (Å²) in [5.74, 6) is -0.446. The Morgan fingerprint density at radius 3 is 1.50 bits per heavy atom. The molecule has 0 heterocycles. The molecule has 0 aliphatic heterocycles. The topological polar surface area (TPSA) is 40.5 Å². The summed E-state index contributed by atoms with van der Waals surface area (Å²) in [5.41, 5.74) is 0.250. The second-order valence-corrected chi connectivity index (χ2v) is 2.56. The van der Waals surface area contributed by atoms with Crippen molar-refractivity contribution in [3.63, 3.8) is 0 Å². The molecule has 0 saturated heterocycles. The minimum atomic E-state index is -0.223. The zero-order valence-electron chi connectivity index (χ0n) is 6.63. The molecule has 0 atom stereocenters. The molecule has 0 aliphatic rings. The molecule has 54 valence electrons. The van der Waals surface area contributed by atoms with Crippen molar-refractivity contribution < 1.29 is 10.2 Å². The van der Waals surface area contributed by atoms with Crippen molar-refractivity contribution >= 4 is 39.9 Å². The maximum atomic E-state index is 9.27. The molecule has 2 nitrogen and oxygen atoms in total. The van der Waals surface area contributed by atoms with Gasteiger partial charge in [0.05, 0.1) is 0 Å². The lowest BCUT2D eigenvalue weighted by Gasteiger charge is -2.13. The van der Waals surface area contributed by atoms with Crippen LogP contribution in [-0.2, 0) is 0 Å². The van der Waals surface area contributed by atoms with E-state index in [2.05, 4.69) is 0 Å². The molecule has 0 aliphatic carbocycles. The van der Waals surface area contributed by atoms with Gasteiger partial charge in [-0.15, -0.1) is 5.46 Å². The van der Waals surface area contributed by atoms with Gasteiger partial charge in [-0.3, -0.25) is 0 Å². The Labute approximate surface area is 74.8 Å². The van der Waals surface area contributed by atoms with E-state index in [0.717, 1.165) is 0 Å². The zero-order chi connectivity index (χ0) is 9.46. The Kier molecular flexibility index (Phi) is 2.13. The summed E-state index contributed by atoms with van der Waals surface area (Å²) in [6.07, 6.45) is 0.